The van der Waals surface area contributed by atoms with E-state index < -0.39 is 35.0 Å². The number of carbonyl (C=O) groups is 1. The third-order valence-corrected chi connectivity index (χ3v) is 1.89. The van der Waals surface area contributed by atoms with E-state index in [2.05, 4.69) is 14.5 Å². The maximum atomic E-state index is 12.2. The molecule has 0 saturated carbocycles. The zero-order valence-electron chi connectivity index (χ0n) is 9.61. The van der Waals surface area contributed by atoms with Gasteiger partial charge in [-0.25, -0.2) is 9.78 Å². The zero-order valence-corrected chi connectivity index (χ0v) is 9.61. The number of nitrogens with two attached hydrogens (primary N) is 1. The second-order valence-electron chi connectivity index (χ2n) is 3.14. The van der Waals surface area contributed by atoms with Gasteiger partial charge in [0.05, 0.1) is 18.5 Å². The first-order valence-corrected chi connectivity index (χ1v) is 4.91. The van der Waals surface area contributed by atoms with Gasteiger partial charge in [-0.1, -0.05) is 0 Å². The Labute approximate surface area is 105 Å². The van der Waals surface area contributed by atoms with Crippen LogP contribution in [0.2, 0.25) is 0 Å². The lowest BCUT2D eigenvalue weighted by molar-refractivity contribution is -0.274. The molecule has 0 spiro atoms. The molecule has 0 atom stereocenters. The minimum Gasteiger partial charge on any atom is -0.462 e. The summed E-state index contributed by atoms with van der Waals surface area (Å²) >= 11 is 0. The number of nitrogen functional groups attached to an aromatic ring is 1. The monoisotopic (exact) mass is 275 g/mol. The smallest absolute Gasteiger partial charge is 0.462 e. The Hall–Kier alpha value is -2.50. The SMILES string of the molecule is CCOC(=O)c1c(OC(F)(F)F)cnc(C#N)c1N. The number of rotatable bonds is 3. The van der Waals surface area contributed by atoms with Gasteiger partial charge in [0.25, 0.3) is 0 Å². The first kappa shape index (κ1) is 14.6. The lowest BCUT2D eigenvalue weighted by Crippen LogP contribution is -2.21. The third-order valence-electron chi connectivity index (χ3n) is 1.89. The Bertz CT molecular complexity index is 537. The van der Waals surface area contributed by atoms with Crippen LogP contribution < -0.4 is 10.5 Å². The highest BCUT2D eigenvalue weighted by Crippen LogP contribution is 2.31. The zero-order chi connectivity index (χ0) is 14.6. The van der Waals surface area contributed by atoms with Gasteiger partial charge >= 0.3 is 12.3 Å². The van der Waals surface area contributed by atoms with Gasteiger partial charge in [-0.2, -0.15) is 5.26 Å². The number of nitrogens with zero attached hydrogens (tertiary/aromatic N) is 2. The second-order valence-corrected chi connectivity index (χ2v) is 3.14. The Balaban J connectivity index is 3.35. The minimum absolute atomic E-state index is 0.0755. The van der Waals surface area contributed by atoms with Crippen LogP contribution in [0.25, 0.3) is 0 Å². The number of hydrogen-bond acceptors (Lipinski definition) is 6. The van der Waals surface area contributed by atoms with Crippen molar-refractivity contribution in [3.05, 3.63) is 17.5 Å². The Morgan fingerprint density at radius 1 is 1.58 bits per heavy atom. The number of halogens is 3. The fourth-order valence-electron chi connectivity index (χ4n) is 1.21. The molecule has 0 amide bonds. The molecular weight excluding hydrogens is 267 g/mol. The number of anilines is 1. The average Bonchev–Trinajstić information content (AvgIpc) is 2.27. The van der Waals surface area contributed by atoms with Crippen molar-refractivity contribution in [1.29, 1.82) is 5.26 Å². The summed E-state index contributed by atoms with van der Waals surface area (Å²) in [6.07, 6.45) is -4.43. The van der Waals surface area contributed by atoms with Crippen molar-refractivity contribution in [2.24, 2.45) is 0 Å². The second kappa shape index (κ2) is 5.43. The normalized spacial score (nSPS) is 10.7. The molecule has 0 aliphatic carbocycles. The summed E-state index contributed by atoms with van der Waals surface area (Å²) in [4.78, 5) is 14.9. The van der Waals surface area contributed by atoms with Gasteiger partial charge < -0.3 is 15.2 Å². The summed E-state index contributed by atoms with van der Waals surface area (Å²) < 4.78 is 44.7. The van der Waals surface area contributed by atoms with Gasteiger partial charge in [-0.3, -0.25) is 0 Å². The van der Waals surface area contributed by atoms with Crippen molar-refractivity contribution in [3.63, 3.8) is 0 Å². The van der Waals surface area contributed by atoms with E-state index >= 15 is 0 Å². The van der Waals surface area contributed by atoms with Crippen LogP contribution >= 0.6 is 0 Å². The summed E-state index contributed by atoms with van der Waals surface area (Å²) in [7, 11) is 0. The molecule has 6 nitrogen and oxygen atoms in total. The number of pyridine rings is 1. The van der Waals surface area contributed by atoms with Crippen molar-refractivity contribution in [1.82, 2.24) is 4.98 Å². The van der Waals surface area contributed by atoms with Gasteiger partial charge in [0, 0.05) is 0 Å². The van der Waals surface area contributed by atoms with Crippen LogP contribution in [-0.2, 0) is 4.74 Å². The van der Waals surface area contributed by atoms with Crippen molar-refractivity contribution in [2.45, 2.75) is 13.3 Å². The number of alkyl halides is 3. The van der Waals surface area contributed by atoms with Crippen LogP contribution in [0.4, 0.5) is 18.9 Å². The molecule has 0 aliphatic heterocycles. The van der Waals surface area contributed by atoms with Crippen molar-refractivity contribution < 1.29 is 27.4 Å². The Morgan fingerprint density at radius 3 is 2.68 bits per heavy atom. The summed E-state index contributed by atoms with van der Waals surface area (Å²) in [6, 6.07) is 1.54. The van der Waals surface area contributed by atoms with E-state index in [0.29, 0.717) is 6.20 Å². The topological polar surface area (TPSA) is 98.2 Å². The van der Waals surface area contributed by atoms with Gasteiger partial charge in [0.1, 0.15) is 11.6 Å². The van der Waals surface area contributed by atoms with Crippen LogP contribution in [0.15, 0.2) is 6.20 Å². The number of hydrogen-bond donors (Lipinski definition) is 1. The highest BCUT2D eigenvalue weighted by Gasteiger charge is 2.34. The molecule has 0 bridgehead atoms. The maximum Gasteiger partial charge on any atom is 0.573 e. The molecule has 0 unspecified atom stereocenters. The molecular formula is C10H8F3N3O3. The summed E-state index contributed by atoms with van der Waals surface area (Å²) in [6.45, 7) is 1.39. The lowest BCUT2D eigenvalue weighted by atomic mass is 10.1. The molecule has 2 N–H and O–H groups in total. The number of carbonyl (C=O) groups excluding carboxylic acids is 1. The van der Waals surface area contributed by atoms with Gasteiger partial charge in [-0.15, -0.1) is 13.2 Å². The van der Waals surface area contributed by atoms with E-state index in [9.17, 15) is 18.0 Å². The molecule has 0 saturated heterocycles. The molecule has 0 fully saturated rings. The van der Waals surface area contributed by atoms with Crippen molar-refractivity contribution >= 4 is 11.7 Å². The van der Waals surface area contributed by atoms with Crippen molar-refractivity contribution in [2.75, 3.05) is 12.3 Å². The molecule has 102 valence electrons. The summed E-state index contributed by atoms with van der Waals surface area (Å²) in [5, 5.41) is 8.67. The largest absolute Gasteiger partial charge is 0.573 e. The quantitative estimate of drug-likeness (QED) is 0.841. The molecule has 0 aliphatic rings. The number of ether oxygens (including phenoxy) is 2. The van der Waals surface area contributed by atoms with Crippen LogP contribution in [0.3, 0.4) is 0 Å². The molecule has 1 heterocycles. The predicted molar refractivity (Wildman–Crippen MR) is 56.0 cm³/mol. The Morgan fingerprint density at radius 2 is 2.21 bits per heavy atom. The van der Waals surface area contributed by atoms with E-state index in [4.69, 9.17) is 11.0 Å². The standard InChI is InChI=1S/C10H8F3N3O3/c1-2-18-9(17)7-6(19-10(11,12)13)4-16-5(3-14)8(7)15/h4H,2,15H2,1H3. The van der Waals surface area contributed by atoms with Crippen LogP contribution in [-0.4, -0.2) is 23.9 Å². The van der Waals surface area contributed by atoms with Gasteiger partial charge in [0.15, 0.2) is 11.4 Å². The molecule has 1 rings (SSSR count). The predicted octanol–water partition coefficient (Wildman–Crippen LogP) is 1.61. The average molecular weight is 275 g/mol. The molecule has 0 aromatic carbocycles. The molecule has 1 aromatic heterocycles. The van der Waals surface area contributed by atoms with E-state index in [1.165, 1.54) is 6.92 Å². The van der Waals surface area contributed by atoms with E-state index in [-0.39, 0.29) is 6.61 Å². The molecule has 19 heavy (non-hydrogen) atoms. The fourth-order valence-corrected chi connectivity index (χ4v) is 1.21. The van der Waals surface area contributed by atoms with Crippen molar-refractivity contribution in [3.8, 4) is 11.8 Å². The van der Waals surface area contributed by atoms with E-state index in [1.54, 1.807) is 6.07 Å². The summed E-state index contributed by atoms with van der Waals surface area (Å²) in [5.74, 6) is -2.04. The lowest BCUT2D eigenvalue weighted by Gasteiger charge is -2.14. The van der Waals surface area contributed by atoms with E-state index in [0.717, 1.165) is 0 Å². The highest BCUT2D eigenvalue weighted by molar-refractivity contribution is 5.98. The third kappa shape index (κ3) is 3.48. The molecule has 9 heteroatoms. The number of aromatic nitrogens is 1. The first-order chi connectivity index (χ1) is 8.80. The first-order valence-electron chi connectivity index (χ1n) is 4.91. The van der Waals surface area contributed by atoms with Gasteiger partial charge in [0.2, 0.25) is 0 Å². The summed E-state index contributed by atoms with van der Waals surface area (Å²) in [5.41, 5.74) is 3.82. The van der Waals surface area contributed by atoms with Crippen LogP contribution in [0.5, 0.6) is 5.75 Å². The van der Waals surface area contributed by atoms with Crippen LogP contribution in [0.1, 0.15) is 23.0 Å². The molecule has 0 radical (unpaired) electrons. The van der Waals surface area contributed by atoms with Gasteiger partial charge in [-0.05, 0) is 6.92 Å². The highest BCUT2D eigenvalue weighted by atomic mass is 19.4. The number of esters is 1. The maximum absolute atomic E-state index is 12.2. The fraction of sp³-hybridized carbons (Fsp3) is 0.300. The number of nitriles is 1. The van der Waals surface area contributed by atoms with E-state index in [1.807, 2.05) is 0 Å². The Kier molecular flexibility index (Phi) is 4.16. The van der Waals surface area contributed by atoms with Crippen LogP contribution in [0, 0.1) is 11.3 Å². The molecule has 1 aromatic rings. The minimum atomic E-state index is -5.02.